The summed E-state index contributed by atoms with van der Waals surface area (Å²) in [7, 11) is 0. The first kappa shape index (κ1) is 10.5. The molecular formula is C10H13NO3. The number of ether oxygens (including phenoxy) is 1. The highest BCUT2D eigenvalue weighted by Gasteiger charge is 2.20. The molecule has 0 saturated carbocycles. The SMILES string of the molecule is CCOC(=O)C(C)c1ncccc1O. The fourth-order valence-corrected chi connectivity index (χ4v) is 1.12. The Labute approximate surface area is 82.5 Å². The van der Waals surface area contributed by atoms with Crippen molar-refractivity contribution in [2.24, 2.45) is 0 Å². The number of esters is 1. The van der Waals surface area contributed by atoms with Crippen molar-refractivity contribution in [1.29, 1.82) is 0 Å². The molecule has 0 saturated heterocycles. The maximum atomic E-state index is 11.3. The Morgan fingerprint density at radius 2 is 2.43 bits per heavy atom. The van der Waals surface area contributed by atoms with Crippen LogP contribution in [0, 0.1) is 0 Å². The fourth-order valence-electron chi connectivity index (χ4n) is 1.12. The summed E-state index contributed by atoms with van der Waals surface area (Å²) < 4.78 is 4.82. The predicted molar refractivity (Wildman–Crippen MR) is 50.9 cm³/mol. The van der Waals surface area contributed by atoms with Crippen LogP contribution in [0.1, 0.15) is 25.5 Å². The fraction of sp³-hybridized carbons (Fsp3) is 0.400. The number of rotatable bonds is 3. The lowest BCUT2D eigenvalue weighted by Crippen LogP contribution is -2.14. The average Bonchev–Trinajstić information content (AvgIpc) is 2.18. The summed E-state index contributed by atoms with van der Waals surface area (Å²) >= 11 is 0. The molecule has 0 spiro atoms. The quantitative estimate of drug-likeness (QED) is 0.741. The molecule has 4 heteroatoms. The van der Waals surface area contributed by atoms with Gasteiger partial charge in [0.05, 0.1) is 18.2 Å². The maximum absolute atomic E-state index is 11.3. The second-order valence-corrected chi connectivity index (χ2v) is 2.88. The topological polar surface area (TPSA) is 59.4 Å². The number of hydrogen-bond donors (Lipinski definition) is 1. The third kappa shape index (κ3) is 2.22. The summed E-state index contributed by atoms with van der Waals surface area (Å²) in [5, 5.41) is 9.43. The predicted octanol–water partition coefficient (Wildman–Crippen LogP) is 1.45. The van der Waals surface area contributed by atoms with Crippen LogP contribution in [0.15, 0.2) is 18.3 Å². The van der Waals surface area contributed by atoms with E-state index in [1.807, 2.05) is 0 Å². The summed E-state index contributed by atoms with van der Waals surface area (Å²) in [4.78, 5) is 15.3. The molecule has 1 heterocycles. The van der Waals surface area contributed by atoms with Crippen molar-refractivity contribution < 1.29 is 14.6 Å². The molecule has 1 aromatic heterocycles. The van der Waals surface area contributed by atoms with Crippen LogP contribution in [0.3, 0.4) is 0 Å². The van der Waals surface area contributed by atoms with Crippen LogP contribution >= 0.6 is 0 Å². The van der Waals surface area contributed by atoms with E-state index in [4.69, 9.17) is 4.74 Å². The Hall–Kier alpha value is -1.58. The van der Waals surface area contributed by atoms with Crippen molar-refractivity contribution in [3.05, 3.63) is 24.0 Å². The minimum Gasteiger partial charge on any atom is -0.506 e. The van der Waals surface area contributed by atoms with E-state index in [-0.39, 0.29) is 11.7 Å². The van der Waals surface area contributed by atoms with Crippen LogP contribution in [-0.4, -0.2) is 22.7 Å². The number of carbonyl (C=O) groups is 1. The highest BCUT2D eigenvalue weighted by atomic mass is 16.5. The number of aromatic hydroxyl groups is 1. The van der Waals surface area contributed by atoms with E-state index in [0.717, 1.165) is 0 Å². The first-order chi connectivity index (χ1) is 6.66. The molecule has 0 aliphatic carbocycles. The van der Waals surface area contributed by atoms with E-state index < -0.39 is 5.92 Å². The van der Waals surface area contributed by atoms with Crippen LogP contribution in [0.4, 0.5) is 0 Å². The highest BCUT2D eigenvalue weighted by molar-refractivity contribution is 5.77. The zero-order chi connectivity index (χ0) is 10.6. The zero-order valence-electron chi connectivity index (χ0n) is 8.23. The third-order valence-corrected chi connectivity index (χ3v) is 1.87. The smallest absolute Gasteiger partial charge is 0.314 e. The molecule has 0 fully saturated rings. The van der Waals surface area contributed by atoms with Gasteiger partial charge in [-0.3, -0.25) is 9.78 Å². The van der Waals surface area contributed by atoms with Crippen molar-refractivity contribution in [2.45, 2.75) is 19.8 Å². The second kappa shape index (κ2) is 4.60. The van der Waals surface area contributed by atoms with Crippen molar-refractivity contribution in [2.75, 3.05) is 6.61 Å². The number of hydrogen-bond acceptors (Lipinski definition) is 4. The van der Waals surface area contributed by atoms with Crippen molar-refractivity contribution in [3.8, 4) is 5.75 Å². The van der Waals surface area contributed by atoms with Gasteiger partial charge in [-0.25, -0.2) is 0 Å². The van der Waals surface area contributed by atoms with Gasteiger partial charge < -0.3 is 9.84 Å². The molecule has 0 aromatic carbocycles. The Kier molecular flexibility index (Phi) is 3.45. The van der Waals surface area contributed by atoms with Crippen LogP contribution < -0.4 is 0 Å². The second-order valence-electron chi connectivity index (χ2n) is 2.88. The lowest BCUT2D eigenvalue weighted by atomic mass is 10.1. The Balaban J connectivity index is 2.84. The van der Waals surface area contributed by atoms with Crippen molar-refractivity contribution >= 4 is 5.97 Å². The van der Waals surface area contributed by atoms with Crippen molar-refractivity contribution in [1.82, 2.24) is 4.98 Å². The van der Waals surface area contributed by atoms with E-state index in [9.17, 15) is 9.90 Å². The van der Waals surface area contributed by atoms with Gasteiger partial charge in [0, 0.05) is 6.20 Å². The van der Waals surface area contributed by atoms with E-state index >= 15 is 0 Å². The molecule has 14 heavy (non-hydrogen) atoms. The van der Waals surface area contributed by atoms with E-state index in [0.29, 0.717) is 12.3 Å². The maximum Gasteiger partial charge on any atom is 0.314 e. The average molecular weight is 195 g/mol. The van der Waals surface area contributed by atoms with Gasteiger partial charge in [0.15, 0.2) is 0 Å². The zero-order valence-corrected chi connectivity index (χ0v) is 8.23. The molecule has 1 N–H and O–H groups in total. The highest BCUT2D eigenvalue weighted by Crippen LogP contribution is 2.23. The van der Waals surface area contributed by atoms with Gasteiger partial charge in [-0.05, 0) is 26.0 Å². The summed E-state index contributed by atoms with van der Waals surface area (Å²) in [6.07, 6.45) is 1.53. The minimum absolute atomic E-state index is 0.0213. The Morgan fingerprint density at radius 1 is 1.71 bits per heavy atom. The normalized spacial score (nSPS) is 12.1. The van der Waals surface area contributed by atoms with Gasteiger partial charge in [0.2, 0.25) is 0 Å². The molecule has 0 amide bonds. The molecule has 1 unspecified atom stereocenters. The number of aromatic nitrogens is 1. The third-order valence-electron chi connectivity index (χ3n) is 1.87. The molecule has 4 nitrogen and oxygen atoms in total. The van der Waals surface area contributed by atoms with Gasteiger partial charge >= 0.3 is 5.97 Å². The largest absolute Gasteiger partial charge is 0.506 e. The van der Waals surface area contributed by atoms with Crippen LogP contribution in [0.25, 0.3) is 0 Å². The molecule has 0 radical (unpaired) electrons. The summed E-state index contributed by atoms with van der Waals surface area (Å²) in [5.41, 5.74) is 0.353. The van der Waals surface area contributed by atoms with Crippen LogP contribution in [0.2, 0.25) is 0 Å². The standard InChI is InChI=1S/C10H13NO3/c1-3-14-10(13)7(2)9-8(12)5-4-6-11-9/h4-7,12H,3H2,1-2H3. The number of carbonyl (C=O) groups excluding carboxylic acids is 1. The van der Waals surface area contributed by atoms with Gasteiger partial charge in [-0.15, -0.1) is 0 Å². The molecule has 76 valence electrons. The molecule has 1 aromatic rings. The molecular weight excluding hydrogens is 182 g/mol. The van der Waals surface area contributed by atoms with Gasteiger partial charge in [0.1, 0.15) is 5.75 Å². The van der Waals surface area contributed by atoms with Gasteiger partial charge in [-0.2, -0.15) is 0 Å². The van der Waals surface area contributed by atoms with E-state index in [1.165, 1.54) is 12.3 Å². The molecule has 1 rings (SSSR count). The first-order valence-electron chi connectivity index (χ1n) is 4.47. The Morgan fingerprint density at radius 3 is 3.00 bits per heavy atom. The van der Waals surface area contributed by atoms with Crippen molar-refractivity contribution in [3.63, 3.8) is 0 Å². The van der Waals surface area contributed by atoms with E-state index in [2.05, 4.69) is 4.98 Å². The number of pyridine rings is 1. The molecule has 0 aliphatic heterocycles. The first-order valence-corrected chi connectivity index (χ1v) is 4.47. The van der Waals surface area contributed by atoms with Crippen LogP contribution in [-0.2, 0) is 9.53 Å². The lowest BCUT2D eigenvalue weighted by molar-refractivity contribution is -0.144. The summed E-state index contributed by atoms with van der Waals surface area (Å²) in [5.74, 6) is -0.884. The van der Waals surface area contributed by atoms with E-state index in [1.54, 1.807) is 19.9 Å². The monoisotopic (exact) mass is 195 g/mol. The summed E-state index contributed by atoms with van der Waals surface area (Å²) in [6, 6.07) is 3.11. The molecule has 0 aliphatic rings. The molecule has 0 bridgehead atoms. The van der Waals surface area contributed by atoms with Gasteiger partial charge in [0.25, 0.3) is 0 Å². The summed E-state index contributed by atoms with van der Waals surface area (Å²) in [6.45, 7) is 3.72. The van der Waals surface area contributed by atoms with Gasteiger partial charge in [-0.1, -0.05) is 0 Å². The number of nitrogens with zero attached hydrogens (tertiary/aromatic N) is 1. The Bertz CT molecular complexity index is 325. The molecule has 1 atom stereocenters. The van der Waals surface area contributed by atoms with Crippen LogP contribution in [0.5, 0.6) is 5.75 Å². The minimum atomic E-state index is -0.531. The lowest BCUT2D eigenvalue weighted by Gasteiger charge is -2.10.